The SMILES string of the molecule is COCC(COC)Oc1ccc(-c2ccc(CC(=O)NCc3cccc(C)c3)nc2)c(F)c1. The molecule has 0 aliphatic rings. The first-order valence-electron chi connectivity index (χ1n) is 10.7. The number of aromatic nitrogens is 1. The van der Waals surface area contributed by atoms with Crippen molar-refractivity contribution in [1.82, 2.24) is 10.3 Å². The molecule has 6 nitrogen and oxygen atoms in total. The number of rotatable bonds is 11. The largest absolute Gasteiger partial charge is 0.485 e. The fraction of sp³-hybridized carbons (Fsp3) is 0.308. The van der Waals surface area contributed by atoms with E-state index >= 15 is 0 Å². The maximum Gasteiger partial charge on any atom is 0.226 e. The first-order valence-corrected chi connectivity index (χ1v) is 10.7. The van der Waals surface area contributed by atoms with Gasteiger partial charge in [-0.2, -0.15) is 0 Å². The van der Waals surface area contributed by atoms with Crippen molar-refractivity contribution in [3.63, 3.8) is 0 Å². The Morgan fingerprint density at radius 1 is 1.06 bits per heavy atom. The molecule has 0 atom stereocenters. The van der Waals surface area contributed by atoms with Gasteiger partial charge >= 0.3 is 0 Å². The van der Waals surface area contributed by atoms with Crippen molar-refractivity contribution in [3.05, 3.63) is 83.4 Å². The van der Waals surface area contributed by atoms with Gasteiger partial charge < -0.3 is 19.5 Å². The number of carbonyl (C=O) groups excluding carboxylic acids is 1. The number of aryl methyl sites for hydroxylation is 1. The van der Waals surface area contributed by atoms with Gasteiger partial charge in [-0.05, 0) is 30.7 Å². The van der Waals surface area contributed by atoms with Gasteiger partial charge in [0.1, 0.15) is 17.7 Å². The number of nitrogens with zero attached hydrogens (tertiary/aromatic N) is 1. The molecule has 0 unspecified atom stereocenters. The molecule has 0 radical (unpaired) electrons. The van der Waals surface area contributed by atoms with E-state index in [2.05, 4.69) is 10.3 Å². The summed E-state index contributed by atoms with van der Waals surface area (Å²) in [5.74, 6) is -0.150. The molecule has 174 valence electrons. The van der Waals surface area contributed by atoms with Crippen LogP contribution in [0.15, 0.2) is 60.8 Å². The Kier molecular flexibility index (Phi) is 8.92. The third-order valence-corrected chi connectivity index (χ3v) is 5.00. The van der Waals surface area contributed by atoms with Gasteiger partial charge in [0.25, 0.3) is 0 Å². The number of benzene rings is 2. The molecular weight excluding hydrogens is 423 g/mol. The van der Waals surface area contributed by atoms with E-state index in [1.807, 2.05) is 31.2 Å². The van der Waals surface area contributed by atoms with Gasteiger partial charge in [0, 0.05) is 49.8 Å². The van der Waals surface area contributed by atoms with Crippen molar-refractivity contribution in [2.24, 2.45) is 0 Å². The standard InChI is InChI=1S/C26H29FN2O4/c1-18-5-4-6-19(11-18)14-29-26(30)12-21-8-7-20(15-28-21)24-10-9-22(13-25(24)27)33-23(16-31-2)17-32-3/h4-11,13,15,23H,12,14,16-17H2,1-3H3,(H,29,30). The Balaban J connectivity index is 1.59. The minimum absolute atomic E-state index is 0.119. The summed E-state index contributed by atoms with van der Waals surface area (Å²) in [6, 6.07) is 16.2. The first-order chi connectivity index (χ1) is 16.0. The Labute approximate surface area is 193 Å². The van der Waals surface area contributed by atoms with Crippen LogP contribution in [0.2, 0.25) is 0 Å². The van der Waals surface area contributed by atoms with Crippen molar-refractivity contribution in [2.75, 3.05) is 27.4 Å². The lowest BCUT2D eigenvalue weighted by Crippen LogP contribution is -2.27. The van der Waals surface area contributed by atoms with Crippen LogP contribution in [0.4, 0.5) is 4.39 Å². The Hall–Kier alpha value is -3.29. The molecule has 0 saturated heterocycles. The van der Waals surface area contributed by atoms with Crippen LogP contribution in [-0.4, -0.2) is 44.4 Å². The van der Waals surface area contributed by atoms with E-state index in [0.29, 0.717) is 42.3 Å². The minimum Gasteiger partial charge on any atom is -0.485 e. The number of methoxy groups -OCH3 is 2. The van der Waals surface area contributed by atoms with Crippen LogP contribution >= 0.6 is 0 Å². The van der Waals surface area contributed by atoms with E-state index in [0.717, 1.165) is 11.1 Å². The number of carbonyl (C=O) groups is 1. The molecule has 33 heavy (non-hydrogen) atoms. The van der Waals surface area contributed by atoms with Crippen LogP contribution in [0.25, 0.3) is 11.1 Å². The highest BCUT2D eigenvalue weighted by molar-refractivity contribution is 5.78. The molecule has 1 aromatic heterocycles. The number of hydrogen-bond donors (Lipinski definition) is 1. The third-order valence-electron chi connectivity index (χ3n) is 5.00. The highest BCUT2D eigenvalue weighted by atomic mass is 19.1. The van der Waals surface area contributed by atoms with Crippen LogP contribution in [-0.2, 0) is 27.2 Å². The molecule has 0 fully saturated rings. The highest BCUT2D eigenvalue weighted by Crippen LogP contribution is 2.26. The van der Waals surface area contributed by atoms with Gasteiger partial charge in [-0.25, -0.2) is 4.39 Å². The fourth-order valence-electron chi connectivity index (χ4n) is 3.42. The molecule has 3 aromatic rings. The predicted octanol–water partition coefficient (Wildman–Crippen LogP) is 4.10. The lowest BCUT2D eigenvalue weighted by molar-refractivity contribution is -0.120. The highest BCUT2D eigenvalue weighted by Gasteiger charge is 2.13. The number of hydrogen-bond acceptors (Lipinski definition) is 5. The van der Waals surface area contributed by atoms with E-state index in [1.54, 1.807) is 44.7 Å². The fourth-order valence-corrected chi connectivity index (χ4v) is 3.42. The number of nitrogens with one attached hydrogen (secondary N) is 1. The first kappa shape index (κ1) is 24.4. The van der Waals surface area contributed by atoms with Crippen molar-refractivity contribution in [3.8, 4) is 16.9 Å². The van der Waals surface area contributed by atoms with Gasteiger partial charge in [-0.3, -0.25) is 9.78 Å². The van der Waals surface area contributed by atoms with Crippen LogP contribution in [0.5, 0.6) is 5.75 Å². The Morgan fingerprint density at radius 2 is 1.85 bits per heavy atom. The Morgan fingerprint density at radius 3 is 2.48 bits per heavy atom. The Bertz CT molecular complexity index is 1050. The van der Waals surface area contributed by atoms with E-state index in [1.165, 1.54) is 6.07 Å². The molecule has 2 aromatic carbocycles. The molecule has 1 heterocycles. The second kappa shape index (κ2) is 12.1. The number of ether oxygens (including phenoxy) is 3. The van der Waals surface area contributed by atoms with Gasteiger partial charge in [0.2, 0.25) is 5.91 Å². The van der Waals surface area contributed by atoms with Gasteiger partial charge in [-0.1, -0.05) is 35.9 Å². The molecule has 0 aliphatic carbocycles. The molecule has 7 heteroatoms. The normalized spacial score (nSPS) is 10.9. The van der Waals surface area contributed by atoms with Gasteiger partial charge in [0.05, 0.1) is 19.6 Å². The lowest BCUT2D eigenvalue weighted by atomic mass is 10.1. The number of amides is 1. The van der Waals surface area contributed by atoms with Crippen molar-refractivity contribution < 1.29 is 23.4 Å². The summed E-state index contributed by atoms with van der Waals surface area (Å²) in [7, 11) is 3.14. The zero-order valence-electron chi connectivity index (χ0n) is 19.1. The maximum atomic E-state index is 14.7. The zero-order chi connectivity index (χ0) is 23.6. The third kappa shape index (κ3) is 7.37. The maximum absolute atomic E-state index is 14.7. The van der Waals surface area contributed by atoms with E-state index < -0.39 is 5.82 Å². The number of halogens is 1. The van der Waals surface area contributed by atoms with Crippen molar-refractivity contribution >= 4 is 5.91 Å². The number of pyridine rings is 1. The molecule has 3 rings (SSSR count). The topological polar surface area (TPSA) is 69.7 Å². The summed E-state index contributed by atoms with van der Waals surface area (Å²) >= 11 is 0. The minimum atomic E-state index is -0.425. The molecule has 0 saturated carbocycles. The molecule has 0 aliphatic heterocycles. The smallest absolute Gasteiger partial charge is 0.226 e. The summed E-state index contributed by atoms with van der Waals surface area (Å²) in [4.78, 5) is 16.6. The monoisotopic (exact) mass is 452 g/mol. The predicted molar refractivity (Wildman–Crippen MR) is 125 cm³/mol. The van der Waals surface area contributed by atoms with E-state index in [-0.39, 0.29) is 18.4 Å². The molecule has 1 amide bonds. The summed E-state index contributed by atoms with van der Waals surface area (Å²) in [6.07, 6.45) is 1.39. The molecular formula is C26H29FN2O4. The summed E-state index contributed by atoms with van der Waals surface area (Å²) in [6.45, 7) is 3.15. The van der Waals surface area contributed by atoms with E-state index in [4.69, 9.17) is 14.2 Å². The van der Waals surface area contributed by atoms with Crippen LogP contribution < -0.4 is 10.1 Å². The summed E-state index contributed by atoms with van der Waals surface area (Å²) in [5, 5.41) is 2.90. The molecule has 1 N–H and O–H groups in total. The molecule has 0 spiro atoms. The zero-order valence-corrected chi connectivity index (χ0v) is 19.1. The van der Waals surface area contributed by atoms with Gasteiger partial charge in [0.15, 0.2) is 0 Å². The van der Waals surface area contributed by atoms with Crippen molar-refractivity contribution in [1.29, 1.82) is 0 Å². The second-order valence-electron chi connectivity index (χ2n) is 7.77. The average molecular weight is 453 g/mol. The summed E-state index contributed by atoms with van der Waals surface area (Å²) in [5.41, 5.74) is 3.83. The summed E-state index contributed by atoms with van der Waals surface area (Å²) < 4.78 is 30.7. The van der Waals surface area contributed by atoms with Crippen LogP contribution in [0.3, 0.4) is 0 Å². The van der Waals surface area contributed by atoms with Crippen LogP contribution in [0.1, 0.15) is 16.8 Å². The lowest BCUT2D eigenvalue weighted by Gasteiger charge is -2.18. The average Bonchev–Trinajstić information content (AvgIpc) is 2.79. The second-order valence-corrected chi connectivity index (χ2v) is 7.77. The van der Waals surface area contributed by atoms with E-state index in [9.17, 15) is 9.18 Å². The molecule has 0 bridgehead atoms. The van der Waals surface area contributed by atoms with Crippen LogP contribution in [0, 0.1) is 12.7 Å². The van der Waals surface area contributed by atoms with Gasteiger partial charge in [-0.15, -0.1) is 0 Å². The quantitative estimate of drug-likeness (QED) is 0.475. The van der Waals surface area contributed by atoms with Crippen molar-refractivity contribution in [2.45, 2.75) is 26.0 Å².